The van der Waals surface area contributed by atoms with Crippen molar-refractivity contribution in [2.75, 3.05) is 0 Å². The molecule has 0 saturated carbocycles. The molecule has 0 N–H and O–H groups in total. The van der Waals surface area contributed by atoms with Gasteiger partial charge in [0.2, 0.25) is 0 Å². The first-order chi connectivity index (χ1) is 7.34. The Morgan fingerprint density at radius 1 is 0.933 bits per heavy atom. The summed E-state index contributed by atoms with van der Waals surface area (Å²) in [6.07, 6.45) is 14.0. The molecule has 0 radical (unpaired) electrons. The van der Waals surface area contributed by atoms with Gasteiger partial charge in [-0.1, -0.05) is 45.4 Å². The number of unbranched alkanes of at least 4 members (excludes halogenated alkanes) is 5. The Balaban J connectivity index is 2.00. The second-order valence-corrected chi connectivity index (χ2v) is 4.54. The molecule has 0 aliphatic carbocycles. The fourth-order valence-corrected chi connectivity index (χ4v) is 2.01. The zero-order valence-electron chi connectivity index (χ0n) is 10.3. The van der Waals surface area contributed by atoms with Crippen molar-refractivity contribution in [3.63, 3.8) is 0 Å². The first-order valence-corrected chi connectivity index (χ1v) is 6.47. The SMILES string of the molecule is CCCCCCCCC(C)n1cccc1. The van der Waals surface area contributed by atoms with Crippen LogP contribution in [0, 0.1) is 0 Å². The number of rotatable bonds is 8. The first kappa shape index (κ1) is 12.4. The van der Waals surface area contributed by atoms with Crippen LogP contribution in [0.2, 0.25) is 0 Å². The van der Waals surface area contributed by atoms with Gasteiger partial charge in [0, 0.05) is 18.4 Å². The van der Waals surface area contributed by atoms with Crippen LogP contribution in [0.25, 0.3) is 0 Å². The molecule has 1 nitrogen and oxygen atoms in total. The summed E-state index contributed by atoms with van der Waals surface area (Å²) in [6, 6.07) is 4.89. The molecule has 1 unspecified atom stereocenters. The fourth-order valence-electron chi connectivity index (χ4n) is 2.01. The van der Waals surface area contributed by atoms with Crippen molar-refractivity contribution in [2.24, 2.45) is 0 Å². The highest BCUT2D eigenvalue weighted by atomic mass is 15.0. The fraction of sp³-hybridized carbons (Fsp3) is 0.714. The van der Waals surface area contributed by atoms with Crippen LogP contribution >= 0.6 is 0 Å². The quantitative estimate of drug-likeness (QED) is 0.540. The molecule has 0 saturated heterocycles. The molecule has 1 aromatic rings. The standard InChI is InChI=1S/C14H25N/c1-3-4-5-6-7-8-11-14(2)15-12-9-10-13-15/h9-10,12-14H,3-8,11H2,1-2H3. The predicted molar refractivity (Wildman–Crippen MR) is 67.1 cm³/mol. The molecule has 86 valence electrons. The second-order valence-electron chi connectivity index (χ2n) is 4.54. The second kappa shape index (κ2) is 7.56. The van der Waals surface area contributed by atoms with Gasteiger partial charge in [0.1, 0.15) is 0 Å². The third-order valence-electron chi connectivity index (χ3n) is 3.11. The minimum Gasteiger partial charge on any atom is -0.352 e. The molecule has 0 amide bonds. The van der Waals surface area contributed by atoms with Crippen LogP contribution in [-0.4, -0.2) is 4.57 Å². The van der Waals surface area contributed by atoms with Gasteiger partial charge in [-0.25, -0.2) is 0 Å². The zero-order valence-corrected chi connectivity index (χ0v) is 10.3. The molecule has 0 aromatic carbocycles. The van der Waals surface area contributed by atoms with Gasteiger partial charge in [-0.2, -0.15) is 0 Å². The average Bonchev–Trinajstić information content (AvgIpc) is 2.76. The summed E-state index contributed by atoms with van der Waals surface area (Å²) in [5.41, 5.74) is 0. The molecule has 0 aliphatic heterocycles. The summed E-state index contributed by atoms with van der Waals surface area (Å²) >= 11 is 0. The van der Waals surface area contributed by atoms with Crippen LogP contribution in [0.4, 0.5) is 0 Å². The number of hydrogen-bond acceptors (Lipinski definition) is 0. The molecule has 15 heavy (non-hydrogen) atoms. The average molecular weight is 207 g/mol. The molecule has 0 bridgehead atoms. The predicted octanol–water partition coefficient (Wildman–Crippen LogP) is 4.80. The number of aromatic nitrogens is 1. The maximum absolute atomic E-state index is 2.31. The summed E-state index contributed by atoms with van der Waals surface area (Å²) in [4.78, 5) is 0. The minimum absolute atomic E-state index is 0.672. The maximum Gasteiger partial charge on any atom is 0.0302 e. The van der Waals surface area contributed by atoms with Crippen LogP contribution in [0.3, 0.4) is 0 Å². The van der Waals surface area contributed by atoms with E-state index in [4.69, 9.17) is 0 Å². The third kappa shape index (κ3) is 5.06. The monoisotopic (exact) mass is 207 g/mol. The van der Waals surface area contributed by atoms with Crippen molar-refractivity contribution in [2.45, 2.75) is 64.8 Å². The lowest BCUT2D eigenvalue weighted by atomic mass is 10.1. The van der Waals surface area contributed by atoms with Gasteiger partial charge in [0.05, 0.1) is 0 Å². The van der Waals surface area contributed by atoms with E-state index in [1.807, 2.05) is 0 Å². The highest BCUT2D eigenvalue weighted by molar-refractivity contribution is 4.92. The summed E-state index contributed by atoms with van der Waals surface area (Å²) in [5, 5.41) is 0. The van der Waals surface area contributed by atoms with Crippen molar-refractivity contribution in [1.82, 2.24) is 4.57 Å². The van der Waals surface area contributed by atoms with Crippen molar-refractivity contribution in [3.05, 3.63) is 24.5 Å². The Labute approximate surface area is 94.5 Å². The van der Waals surface area contributed by atoms with Crippen LogP contribution in [0.1, 0.15) is 64.8 Å². The van der Waals surface area contributed by atoms with Gasteiger partial charge < -0.3 is 4.57 Å². The molecule has 0 aliphatic rings. The van der Waals surface area contributed by atoms with Crippen LogP contribution in [0.15, 0.2) is 24.5 Å². The van der Waals surface area contributed by atoms with Crippen molar-refractivity contribution < 1.29 is 0 Å². The van der Waals surface area contributed by atoms with E-state index >= 15 is 0 Å². The van der Waals surface area contributed by atoms with Gasteiger partial charge in [-0.3, -0.25) is 0 Å². The van der Waals surface area contributed by atoms with Gasteiger partial charge >= 0.3 is 0 Å². The lowest BCUT2D eigenvalue weighted by Gasteiger charge is -2.13. The molecular formula is C14H25N. The Kier molecular flexibility index (Phi) is 6.22. The van der Waals surface area contributed by atoms with E-state index in [-0.39, 0.29) is 0 Å². The number of hydrogen-bond donors (Lipinski definition) is 0. The van der Waals surface area contributed by atoms with E-state index in [2.05, 4.69) is 42.9 Å². The Hall–Kier alpha value is -0.720. The lowest BCUT2D eigenvalue weighted by molar-refractivity contribution is 0.469. The Morgan fingerprint density at radius 2 is 1.53 bits per heavy atom. The molecule has 1 rings (SSSR count). The Bertz CT molecular complexity index is 225. The van der Waals surface area contributed by atoms with Gasteiger partial charge in [-0.05, 0) is 25.5 Å². The van der Waals surface area contributed by atoms with Gasteiger partial charge in [-0.15, -0.1) is 0 Å². The van der Waals surface area contributed by atoms with Crippen molar-refractivity contribution in [1.29, 1.82) is 0 Å². The van der Waals surface area contributed by atoms with E-state index in [1.165, 1.54) is 44.9 Å². The highest BCUT2D eigenvalue weighted by Gasteiger charge is 2.01. The largest absolute Gasteiger partial charge is 0.352 e. The van der Waals surface area contributed by atoms with E-state index in [0.29, 0.717) is 6.04 Å². The van der Waals surface area contributed by atoms with Crippen LogP contribution in [0.5, 0.6) is 0 Å². The molecular weight excluding hydrogens is 182 g/mol. The molecule has 1 atom stereocenters. The molecule has 0 fully saturated rings. The van der Waals surface area contributed by atoms with Crippen LogP contribution in [-0.2, 0) is 0 Å². The van der Waals surface area contributed by atoms with Gasteiger partial charge in [0.25, 0.3) is 0 Å². The molecule has 0 spiro atoms. The smallest absolute Gasteiger partial charge is 0.0302 e. The summed E-state index contributed by atoms with van der Waals surface area (Å²) < 4.78 is 2.31. The summed E-state index contributed by atoms with van der Waals surface area (Å²) in [6.45, 7) is 4.58. The van der Waals surface area contributed by atoms with Gasteiger partial charge in [0.15, 0.2) is 0 Å². The minimum atomic E-state index is 0.672. The van der Waals surface area contributed by atoms with Crippen molar-refractivity contribution >= 4 is 0 Å². The lowest BCUT2D eigenvalue weighted by Crippen LogP contribution is -2.01. The summed E-state index contributed by atoms with van der Waals surface area (Å²) in [5.74, 6) is 0. The molecule has 1 heterocycles. The third-order valence-corrected chi connectivity index (χ3v) is 3.11. The zero-order chi connectivity index (χ0) is 10.9. The van der Waals surface area contributed by atoms with E-state index in [1.54, 1.807) is 0 Å². The van der Waals surface area contributed by atoms with Crippen LogP contribution < -0.4 is 0 Å². The molecule has 1 aromatic heterocycles. The Morgan fingerprint density at radius 3 is 2.20 bits per heavy atom. The van der Waals surface area contributed by atoms with Crippen molar-refractivity contribution in [3.8, 4) is 0 Å². The highest BCUT2D eigenvalue weighted by Crippen LogP contribution is 2.16. The normalized spacial score (nSPS) is 12.9. The van der Waals surface area contributed by atoms with E-state index < -0.39 is 0 Å². The van der Waals surface area contributed by atoms with E-state index in [0.717, 1.165) is 0 Å². The molecule has 1 heteroatoms. The number of nitrogens with zero attached hydrogens (tertiary/aromatic N) is 1. The first-order valence-electron chi connectivity index (χ1n) is 6.47. The summed E-state index contributed by atoms with van der Waals surface area (Å²) in [7, 11) is 0. The van der Waals surface area contributed by atoms with E-state index in [9.17, 15) is 0 Å². The topological polar surface area (TPSA) is 4.93 Å². The maximum atomic E-state index is 2.31.